The third-order valence-corrected chi connectivity index (χ3v) is 4.98. The van der Waals surface area contributed by atoms with E-state index in [1.54, 1.807) is 0 Å². The monoisotopic (exact) mass is 370 g/mol. The number of aromatic amines is 1. The maximum Gasteiger partial charge on any atom is 0.251 e. The fraction of sp³-hybridized carbons (Fsp3) is 0.524. The highest BCUT2D eigenvalue weighted by atomic mass is 16.5. The highest BCUT2D eigenvalue weighted by molar-refractivity contribution is 5.55. The van der Waals surface area contributed by atoms with Crippen molar-refractivity contribution < 1.29 is 4.74 Å². The Balaban J connectivity index is 1.57. The van der Waals surface area contributed by atoms with Crippen LogP contribution in [0.25, 0.3) is 11.4 Å². The molecule has 0 spiro atoms. The van der Waals surface area contributed by atoms with E-state index in [1.165, 1.54) is 30.9 Å². The van der Waals surface area contributed by atoms with Crippen molar-refractivity contribution in [2.45, 2.75) is 44.8 Å². The molecule has 0 amide bonds. The van der Waals surface area contributed by atoms with Crippen molar-refractivity contribution in [3.8, 4) is 11.4 Å². The molecule has 2 aromatic rings. The average Bonchev–Trinajstić information content (AvgIpc) is 2.68. The van der Waals surface area contributed by atoms with Crippen LogP contribution >= 0.6 is 0 Å². The van der Waals surface area contributed by atoms with Gasteiger partial charge < -0.3 is 20.4 Å². The summed E-state index contributed by atoms with van der Waals surface area (Å²) >= 11 is 0. The largest absolute Gasteiger partial charge is 0.378 e. The maximum absolute atomic E-state index is 11.8. The number of rotatable bonds is 8. The standard InChI is InChI=1S/C21H30N4O2/c1-25(12-10-19-4-2-3-13-27-19)15-16-5-7-17(8-6-16)21-23-18(9-11-22)14-20(26)24-21/h5-8,14,19H,2-4,9-13,15,22H2,1H3,(H,23,24,26). The Kier molecular flexibility index (Phi) is 7.15. The van der Waals surface area contributed by atoms with Crippen LogP contribution in [0.2, 0.25) is 0 Å². The molecule has 1 saturated heterocycles. The van der Waals surface area contributed by atoms with Crippen LogP contribution in [-0.2, 0) is 17.7 Å². The van der Waals surface area contributed by atoms with E-state index in [0.29, 0.717) is 24.9 Å². The van der Waals surface area contributed by atoms with Crippen LogP contribution in [-0.4, -0.2) is 47.7 Å². The zero-order valence-corrected chi connectivity index (χ0v) is 16.1. The first kappa shape index (κ1) is 19.7. The van der Waals surface area contributed by atoms with Crippen molar-refractivity contribution in [1.29, 1.82) is 0 Å². The zero-order chi connectivity index (χ0) is 19.1. The molecule has 6 heteroatoms. The molecule has 1 aliphatic rings. The molecule has 1 aliphatic heterocycles. The van der Waals surface area contributed by atoms with Crippen LogP contribution in [0.5, 0.6) is 0 Å². The minimum atomic E-state index is -0.141. The summed E-state index contributed by atoms with van der Waals surface area (Å²) in [5.74, 6) is 0.598. The third-order valence-electron chi connectivity index (χ3n) is 4.98. The Morgan fingerprint density at radius 1 is 1.30 bits per heavy atom. The first-order chi connectivity index (χ1) is 13.1. The second-order valence-corrected chi connectivity index (χ2v) is 7.34. The maximum atomic E-state index is 11.8. The van der Waals surface area contributed by atoms with Gasteiger partial charge in [-0.25, -0.2) is 4.98 Å². The van der Waals surface area contributed by atoms with E-state index in [0.717, 1.165) is 37.4 Å². The minimum absolute atomic E-state index is 0.141. The Hall–Kier alpha value is -2.02. The fourth-order valence-corrected chi connectivity index (χ4v) is 3.48. The van der Waals surface area contributed by atoms with Gasteiger partial charge in [-0.2, -0.15) is 0 Å². The van der Waals surface area contributed by atoms with Crippen LogP contribution < -0.4 is 11.3 Å². The Bertz CT molecular complexity index is 766. The van der Waals surface area contributed by atoms with Gasteiger partial charge in [-0.1, -0.05) is 24.3 Å². The van der Waals surface area contributed by atoms with Crippen LogP contribution in [0.1, 0.15) is 36.9 Å². The van der Waals surface area contributed by atoms with Gasteiger partial charge in [0.1, 0.15) is 5.82 Å². The normalized spacial score (nSPS) is 17.4. The van der Waals surface area contributed by atoms with Crippen molar-refractivity contribution in [3.05, 3.63) is 51.9 Å². The molecule has 1 aromatic heterocycles. The van der Waals surface area contributed by atoms with E-state index in [1.807, 2.05) is 12.1 Å². The Morgan fingerprint density at radius 2 is 2.11 bits per heavy atom. The fourth-order valence-electron chi connectivity index (χ4n) is 3.48. The molecule has 0 aliphatic carbocycles. The molecule has 2 heterocycles. The lowest BCUT2D eigenvalue weighted by atomic mass is 10.1. The van der Waals surface area contributed by atoms with E-state index >= 15 is 0 Å². The molecule has 6 nitrogen and oxygen atoms in total. The van der Waals surface area contributed by atoms with Crippen LogP contribution in [0.3, 0.4) is 0 Å². The lowest BCUT2D eigenvalue weighted by molar-refractivity contribution is 0.00641. The number of nitrogens with two attached hydrogens (primary N) is 1. The summed E-state index contributed by atoms with van der Waals surface area (Å²) in [7, 11) is 2.14. The van der Waals surface area contributed by atoms with Crippen molar-refractivity contribution in [2.75, 3.05) is 26.7 Å². The highest BCUT2D eigenvalue weighted by Crippen LogP contribution is 2.18. The smallest absolute Gasteiger partial charge is 0.251 e. The van der Waals surface area contributed by atoms with Crippen molar-refractivity contribution in [2.24, 2.45) is 5.73 Å². The summed E-state index contributed by atoms with van der Waals surface area (Å²) in [4.78, 5) is 21.5. The molecular weight excluding hydrogens is 340 g/mol. The highest BCUT2D eigenvalue weighted by Gasteiger charge is 2.14. The van der Waals surface area contributed by atoms with Crippen molar-refractivity contribution in [1.82, 2.24) is 14.9 Å². The Labute approximate surface area is 160 Å². The molecule has 3 N–H and O–H groups in total. The number of hydrogen-bond donors (Lipinski definition) is 2. The summed E-state index contributed by atoms with van der Waals surface area (Å²) in [6, 6.07) is 9.72. The molecule has 1 aromatic carbocycles. The summed E-state index contributed by atoms with van der Waals surface area (Å²) in [5.41, 5.74) is 8.31. The Morgan fingerprint density at radius 3 is 2.81 bits per heavy atom. The molecule has 0 saturated carbocycles. The number of H-pyrrole nitrogens is 1. The van der Waals surface area contributed by atoms with Gasteiger partial charge >= 0.3 is 0 Å². The second kappa shape index (κ2) is 9.78. The van der Waals surface area contributed by atoms with Gasteiger partial charge in [0.05, 0.1) is 6.10 Å². The number of hydrogen-bond acceptors (Lipinski definition) is 5. The van der Waals surface area contributed by atoms with Crippen LogP contribution in [0.15, 0.2) is 35.1 Å². The van der Waals surface area contributed by atoms with Crippen molar-refractivity contribution in [3.63, 3.8) is 0 Å². The SMILES string of the molecule is CN(CCC1CCCCO1)Cc1ccc(-c2nc(CCN)cc(=O)[nH]2)cc1. The average molecular weight is 370 g/mol. The van der Waals surface area contributed by atoms with Gasteiger partial charge in [-0.05, 0) is 44.8 Å². The molecular formula is C21H30N4O2. The van der Waals surface area contributed by atoms with Gasteiger partial charge in [0.15, 0.2) is 0 Å². The number of aromatic nitrogens is 2. The number of nitrogens with one attached hydrogen (secondary N) is 1. The zero-order valence-electron chi connectivity index (χ0n) is 16.1. The van der Waals surface area contributed by atoms with Gasteiger partial charge in [0.25, 0.3) is 5.56 Å². The van der Waals surface area contributed by atoms with Crippen LogP contribution in [0.4, 0.5) is 0 Å². The molecule has 146 valence electrons. The van der Waals surface area contributed by atoms with E-state index in [4.69, 9.17) is 10.5 Å². The first-order valence-electron chi connectivity index (χ1n) is 9.84. The predicted octanol–water partition coefficient (Wildman–Crippen LogP) is 2.33. The third kappa shape index (κ3) is 5.99. The van der Waals surface area contributed by atoms with Crippen molar-refractivity contribution >= 4 is 0 Å². The number of nitrogens with zero attached hydrogens (tertiary/aromatic N) is 2. The van der Waals surface area contributed by atoms with Gasteiger partial charge in [0.2, 0.25) is 0 Å². The molecule has 0 bridgehead atoms. The van der Waals surface area contributed by atoms with E-state index < -0.39 is 0 Å². The summed E-state index contributed by atoms with van der Waals surface area (Å²) in [6.07, 6.45) is 5.80. The van der Waals surface area contributed by atoms with Gasteiger partial charge in [-0.15, -0.1) is 0 Å². The van der Waals surface area contributed by atoms with Gasteiger partial charge in [0, 0.05) is 43.4 Å². The quantitative estimate of drug-likeness (QED) is 0.745. The lowest BCUT2D eigenvalue weighted by Gasteiger charge is -2.25. The van der Waals surface area contributed by atoms with Gasteiger partial charge in [-0.3, -0.25) is 4.79 Å². The number of benzene rings is 1. The number of ether oxygens (including phenoxy) is 1. The topological polar surface area (TPSA) is 84.2 Å². The molecule has 0 radical (unpaired) electrons. The summed E-state index contributed by atoms with van der Waals surface area (Å²) in [5, 5.41) is 0. The molecule has 1 atom stereocenters. The molecule has 1 fully saturated rings. The van der Waals surface area contributed by atoms with E-state index in [9.17, 15) is 4.79 Å². The molecule has 1 unspecified atom stereocenters. The molecule has 3 rings (SSSR count). The molecule has 27 heavy (non-hydrogen) atoms. The van der Waals surface area contributed by atoms with E-state index in [2.05, 4.69) is 34.0 Å². The predicted molar refractivity (Wildman–Crippen MR) is 108 cm³/mol. The van der Waals surface area contributed by atoms with Crippen LogP contribution in [0, 0.1) is 0 Å². The minimum Gasteiger partial charge on any atom is -0.378 e. The summed E-state index contributed by atoms with van der Waals surface area (Å²) in [6.45, 7) is 3.32. The van der Waals surface area contributed by atoms with E-state index in [-0.39, 0.29) is 5.56 Å². The lowest BCUT2D eigenvalue weighted by Crippen LogP contribution is -2.26. The second-order valence-electron chi connectivity index (χ2n) is 7.34. The first-order valence-corrected chi connectivity index (χ1v) is 9.84. The summed E-state index contributed by atoms with van der Waals surface area (Å²) < 4.78 is 5.81.